The van der Waals surface area contributed by atoms with Gasteiger partial charge in [0.1, 0.15) is 6.04 Å². The lowest BCUT2D eigenvalue weighted by molar-refractivity contribution is -0.274. The van der Waals surface area contributed by atoms with Gasteiger partial charge < -0.3 is 20.5 Å². The third kappa shape index (κ3) is 6.55. The first-order chi connectivity index (χ1) is 11.0. The monoisotopic (exact) mass is 348 g/mol. The summed E-state index contributed by atoms with van der Waals surface area (Å²) in [6.07, 6.45) is -5.25. The molecule has 1 unspecified atom stereocenters. The van der Waals surface area contributed by atoms with Crippen LogP contribution >= 0.6 is 0 Å². The van der Waals surface area contributed by atoms with Gasteiger partial charge in [-0.3, -0.25) is 9.59 Å². The van der Waals surface area contributed by atoms with Crippen molar-refractivity contribution in [1.29, 1.82) is 0 Å². The van der Waals surface area contributed by atoms with E-state index >= 15 is 0 Å². The van der Waals surface area contributed by atoms with Crippen LogP contribution in [0.2, 0.25) is 0 Å². The molecule has 0 heterocycles. The lowest BCUT2D eigenvalue weighted by atomic mass is 10.0. The molecule has 1 aromatic carbocycles. The molecule has 0 aliphatic carbocycles. The molecular formula is C14H15F3N2O5. The average Bonchev–Trinajstić information content (AvgIpc) is 2.38. The molecule has 0 aliphatic heterocycles. The highest BCUT2D eigenvalue weighted by Crippen LogP contribution is 2.31. The molecule has 1 atom stereocenters. The summed E-state index contributed by atoms with van der Waals surface area (Å²) < 4.78 is 41.2. The molecule has 7 nitrogen and oxygen atoms in total. The first-order valence-corrected chi connectivity index (χ1v) is 6.64. The van der Waals surface area contributed by atoms with Gasteiger partial charge in [0, 0.05) is 20.3 Å². The summed E-state index contributed by atoms with van der Waals surface area (Å²) in [5.74, 6) is -3.21. The fraction of sp³-hybridized carbons (Fsp3) is 0.357. The number of benzene rings is 1. The van der Waals surface area contributed by atoms with Crippen molar-refractivity contribution in [3.05, 3.63) is 23.8 Å². The van der Waals surface area contributed by atoms with Crippen LogP contribution < -0.4 is 15.4 Å². The highest BCUT2D eigenvalue weighted by Gasteiger charge is 2.32. The predicted molar refractivity (Wildman–Crippen MR) is 76.4 cm³/mol. The van der Waals surface area contributed by atoms with Gasteiger partial charge in [-0.2, -0.15) is 0 Å². The van der Waals surface area contributed by atoms with E-state index in [1.165, 1.54) is 6.07 Å². The molecule has 3 N–H and O–H groups in total. The number of aliphatic carboxylic acids is 1. The van der Waals surface area contributed by atoms with Crippen LogP contribution in [0.4, 0.5) is 18.9 Å². The van der Waals surface area contributed by atoms with Crippen LogP contribution in [-0.4, -0.2) is 35.3 Å². The van der Waals surface area contributed by atoms with Crippen LogP contribution in [0.25, 0.3) is 0 Å². The number of ether oxygens (including phenoxy) is 1. The molecule has 0 aromatic heterocycles. The van der Waals surface area contributed by atoms with Gasteiger partial charge in [0.15, 0.2) is 5.75 Å². The summed E-state index contributed by atoms with van der Waals surface area (Å²) in [6.45, 7) is 2.23. The normalized spacial score (nSPS) is 12.2. The minimum absolute atomic E-state index is 0.171. The molecule has 0 aliphatic rings. The molecule has 132 valence electrons. The number of carbonyl (C=O) groups is 3. The number of amides is 2. The first kappa shape index (κ1) is 19.3. The summed E-state index contributed by atoms with van der Waals surface area (Å²) in [4.78, 5) is 33.1. The molecule has 2 amide bonds. The summed E-state index contributed by atoms with van der Waals surface area (Å²) in [6, 6.07) is 2.13. The third-order valence-electron chi connectivity index (χ3n) is 2.70. The third-order valence-corrected chi connectivity index (χ3v) is 2.70. The van der Waals surface area contributed by atoms with E-state index in [0.717, 1.165) is 26.0 Å². The summed E-state index contributed by atoms with van der Waals surface area (Å²) >= 11 is 0. The number of hydrogen-bond acceptors (Lipinski definition) is 4. The zero-order chi connectivity index (χ0) is 18.5. The smallest absolute Gasteiger partial charge is 0.480 e. The molecule has 10 heteroatoms. The lowest BCUT2D eigenvalue weighted by Gasteiger charge is -2.17. The molecule has 0 radical (unpaired) electrons. The van der Waals surface area contributed by atoms with Crippen LogP contribution in [0.1, 0.15) is 19.4 Å². The Balaban J connectivity index is 3.11. The Morgan fingerprint density at radius 1 is 1.21 bits per heavy atom. The van der Waals surface area contributed by atoms with Crippen molar-refractivity contribution in [2.45, 2.75) is 32.7 Å². The van der Waals surface area contributed by atoms with Gasteiger partial charge in [-0.25, -0.2) is 4.79 Å². The van der Waals surface area contributed by atoms with E-state index in [-0.39, 0.29) is 17.7 Å². The van der Waals surface area contributed by atoms with E-state index < -0.39 is 35.9 Å². The topological polar surface area (TPSA) is 105 Å². The van der Waals surface area contributed by atoms with Crippen molar-refractivity contribution in [3.8, 4) is 5.75 Å². The Kier molecular flexibility index (Phi) is 6.15. The van der Waals surface area contributed by atoms with Gasteiger partial charge in [-0.15, -0.1) is 13.2 Å². The number of carboxylic acid groups (broad SMARTS) is 1. The Morgan fingerprint density at radius 3 is 2.29 bits per heavy atom. The standard InChI is InChI=1S/C14H15F3N2O5/c1-7(20)18-10-4-3-9(6-12(10)24-14(15,16)17)5-11(13(22)23)19-8(2)21/h3-4,6,11H,5H2,1-2H3,(H,18,20)(H,19,21)(H,22,23). The molecule has 24 heavy (non-hydrogen) atoms. The Labute approximate surface area is 134 Å². The van der Waals surface area contributed by atoms with Gasteiger partial charge in [0.25, 0.3) is 0 Å². The van der Waals surface area contributed by atoms with E-state index in [9.17, 15) is 27.6 Å². The van der Waals surface area contributed by atoms with Gasteiger partial charge in [-0.1, -0.05) is 6.07 Å². The second-order valence-corrected chi connectivity index (χ2v) is 4.85. The number of nitrogens with one attached hydrogen (secondary N) is 2. The van der Waals surface area contributed by atoms with Gasteiger partial charge in [-0.05, 0) is 17.7 Å². The van der Waals surface area contributed by atoms with Gasteiger partial charge in [0.2, 0.25) is 11.8 Å². The van der Waals surface area contributed by atoms with Crippen LogP contribution in [0.5, 0.6) is 5.75 Å². The molecule has 1 rings (SSSR count). The molecular weight excluding hydrogens is 333 g/mol. The maximum absolute atomic E-state index is 12.5. The minimum Gasteiger partial charge on any atom is -0.480 e. The zero-order valence-corrected chi connectivity index (χ0v) is 12.7. The molecule has 0 saturated carbocycles. The highest BCUT2D eigenvalue weighted by molar-refractivity contribution is 5.90. The number of carbonyl (C=O) groups excluding carboxylic acids is 2. The number of rotatable bonds is 6. The van der Waals surface area contributed by atoms with Crippen molar-refractivity contribution >= 4 is 23.5 Å². The van der Waals surface area contributed by atoms with Crippen molar-refractivity contribution < 1.29 is 37.4 Å². The molecule has 0 fully saturated rings. The quantitative estimate of drug-likeness (QED) is 0.725. The van der Waals surface area contributed by atoms with Crippen molar-refractivity contribution in [1.82, 2.24) is 5.32 Å². The largest absolute Gasteiger partial charge is 0.573 e. The summed E-state index contributed by atoms with van der Waals surface area (Å²) in [7, 11) is 0. The summed E-state index contributed by atoms with van der Waals surface area (Å²) in [5.41, 5.74) is -0.0421. The fourth-order valence-electron chi connectivity index (χ4n) is 1.88. The number of halogens is 3. The Hall–Kier alpha value is -2.78. The molecule has 0 bridgehead atoms. The van der Waals surface area contributed by atoms with Crippen molar-refractivity contribution in [2.75, 3.05) is 5.32 Å². The summed E-state index contributed by atoms with van der Waals surface area (Å²) in [5, 5.41) is 13.4. The SMILES string of the molecule is CC(=O)Nc1ccc(CC(NC(C)=O)C(=O)O)cc1OC(F)(F)F. The Bertz CT molecular complexity index is 646. The maximum Gasteiger partial charge on any atom is 0.573 e. The van der Waals surface area contributed by atoms with Crippen LogP contribution in [0.15, 0.2) is 18.2 Å². The molecule has 0 saturated heterocycles. The van der Waals surface area contributed by atoms with Crippen molar-refractivity contribution in [2.24, 2.45) is 0 Å². The number of anilines is 1. The predicted octanol–water partition coefficient (Wildman–Crippen LogP) is 1.68. The van der Waals surface area contributed by atoms with E-state index in [4.69, 9.17) is 5.11 Å². The van der Waals surface area contributed by atoms with Crippen LogP contribution in [0, 0.1) is 0 Å². The van der Waals surface area contributed by atoms with Gasteiger partial charge >= 0.3 is 12.3 Å². The highest BCUT2D eigenvalue weighted by atomic mass is 19.4. The lowest BCUT2D eigenvalue weighted by Crippen LogP contribution is -2.41. The first-order valence-electron chi connectivity index (χ1n) is 6.64. The van der Waals surface area contributed by atoms with Crippen LogP contribution in [-0.2, 0) is 20.8 Å². The Morgan fingerprint density at radius 2 is 1.83 bits per heavy atom. The second-order valence-electron chi connectivity index (χ2n) is 4.85. The second kappa shape index (κ2) is 7.66. The zero-order valence-electron chi connectivity index (χ0n) is 12.7. The molecule has 1 aromatic rings. The van der Waals surface area contributed by atoms with E-state index in [0.29, 0.717) is 0 Å². The van der Waals surface area contributed by atoms with Crippen molar-refractivity contribution in [3.63, 3.8) is 0 Å². The number of hydrogen-bond donors (Lipinski definition) is 3. The fourth-order valence-corrected chi connectivity index (χ4v) is 1.88. The van der Waals surface area contributed by atoms with E-state index in [2.05, 4.69) is 15.4 Å². The van der Waals surface area contributed by atoms with E-state index in [1.54, 1.807) is 0 Å². The maximum atomic E-state index is 12.5. The number of carboxylic acids is 1. The minimum atomic E-state index is -4.99. The van der Waals surface area contributed by atoms with Gasteiger partial charge in [0.05, 0.1) is 5.69 Å². The van der Waals surface area contributed by atoms with Crippen LogP contribution in [0.3, 0.4) is 0 Å². The average molecular weight is 348 g/mol. The molecule has 0 spiro atoms. The number of alkyl halides is 3. The van der Waals surface area contributed by atoms with E-state index in [1.807, 2.05) is 0 Å².